The molecule has 1 saturated heterocycles. The lowest BCUT2D eigenvalue weighted by molar-refractivity contribution is 0.0860. The van der Waals surface area contributed by atoms with Gasteiger partial charge in [-0.05, 0) is 30.4 Å². The van der Waals surface area contributed by atoms with E-state index < -0.39 is 5.41 Å². The van der Waals surface area contributed by atoms with E-state index >= 15 is 0 Å². The van der Waals surface area contributed by atoms with Crippen molar-refractivity contribution in [2.75, 3.05) is 18.0 Å². The van der Waals surface area contributed by atoms with Gasteiger partial charge in [-0.3, -0.25) is 4.79 Å². The smallest absolute Gasteiger partial charge is 0.171 e. The Morgan fingerprint density at radius 3 is 2.74 bits per heavy atom. The van der Waals surface area contributed by atoms with E-state index in [4.69, 9.17) is 4.98 Å². The number of aromatic amines is 1. The number of carbonyl (C=O) groups excluding carboxylic acids is 1. The van der Waals surface area contributed by atoms with Crippen LogP contribution in [-0.4, -0.2) is 33.8 Å². The fraction of sp³-hybridized carbons (Fsp3) is 0.409. The van der Waals surface area contributed by atoms with Crippen LogP contribution in [0, 0.1) is 17.3 Å². The number of nitrogens with one attached hydrogen (secondary N) is 1. The highest BCUT2D eigenvalue weighted by atomic mass is 16.1. The lowest BCUT2D eigenvalue weighted by atomic mass is 9.87. The van der Waals surface area contributed by atoms with Crippen molar-refractivity contribution in [3.8, 4) is 11.3 Å². The Labute approximate surface area is 158 Å². The molecule has 0 unspecified atom stereocenters. The summed E-state index contributed by atoms with van der Waals surface area (Å²) in [5, 5.41) is 0. The number of benzene rings is 1. The lowest BCUT2D eigenvalue weighted by Crippen LogP contribution is -2.21. The second-order valence-electron chi connectivity index (χ2n) is 8.95. The molecule has 5 rings (SSSR count). The van der Waals surface area contributed by atoms with Crippen LogP contribution < -0.4 is 4.90 Å². The minimum atomic E-state index is -0.455. The Kier molecular flexibility index (Phi) is 3.45. The van der Waals surface area contributed by atoms with Gasteiger partial charge in [0.05, 0.1) is 17.5 Å². The summed E-state index contributed by atoms with van der Waals surface area (Å²) in [6.07, 6.45) is 4.91. The van der Waals surface area contributed by atoms with E-state index in [0.29, 0.717) is 16.7 Å². The first-order valence-electron chi connectivity index (χ1n) is 9.64. The van der Waals surface area contributed by atoms with Crippen molar-refractivity contribution >= 4 is 22.6 Å². The van der Waals surface area contributed by atoms with Crippen LogP contribution in [0.4, 0.5) is 5.69 Å². The van der Waals surface area contributed by atoms with Crippen molar-refractivity contribution in [2.45, 2.75) is 27.2 Å². The van der Waals surface area contributed by atoms with E-state index in [9.17, 15) is 4.79 Å². The number of hydrogen-bond acceptors (Lipinski definition) is 4. The first-order chi connectivity index (χ1) is 12.9. The number of aromatic nitrogens is 3. The summed E-state index contributed by atoms with van der Waals surface area (Å²) in [6.45, 7) is 8.11. The lowest BCUT2D eigenvalue weighted by Gasteiger charge is -2.20. The molecular weight excluding hydrogens is 336 g/mol. The number of carbonyl (C=O) groups is 1. The minimum Gasteiger partial charge on any atom is -0.371 e. The van der Waals surface area contributed by atoms with Gasteiger partial charge >= 0.3 is 0 Å². The van der Waals surface area contributed by atoms with E-state index in [1.807, 2.05) is 20.8 Å². The van der Waals surface area contributed by atoms with E-state index in [0.717, 1.165) is 23.1 Å². The molecule has 0 radical (unpaired) electrons. The minimum absolute atomic E-state index is 0.0743. The van der Waals surface area contributed by atoms with Crippen molar-refractivity contribution in [1.29, 1.82) is 0 Å². The van der Waals surface area contributed by atoms with E-state index in [1.165, 1.54) is 25.2 Å². The summed E-state index contributed by atoms with van der Waals surface area (Å²) >= 11 is 0. The maximum Gasteiger partial charge on any atom is 0.171 e. The predicted molar refractivity (Wildman–Crippen MR) is 107 cm³/mol. The molecular formula is C22H24N4O. The van der Waals surface area contributed by atoms with E-state index in [1.54, 1.807) is 12.4 Å². The van der Waals surface area contributed by atoms with E-state index in [-0.39, 0.29) is 5.78 Å². The number of H-pyrrole nitrogens is 1. The number of ketones is 1. The van der Waals surface area contributed by atoms with E-state index in [2.05, 4.69) is 39.1 Å². The fourth-order valence-corrected chi connectivity index (χ4v) is 4.08. The molecule has 27 heavy (non-hydrogen) atoms. The maximum atomic E-state index is 12.8. The number of anilines is 1. The van der Waals surface area contributed by atoms with Crippen molar-refractivity contribution < 1.29 is 4.79 Å². The molecule has 0 spiro atoms. The van der Waals surface area contributed by atoms with Gasteiger partial charge in [-0.25, -0.2) is 9.97 Å². The van der Waals surface area contributed by atoms with Crippen molar-refractivity contribution in [1.82, 2.24) is 15.0 Å². The second-order valence-corrected chi connectivity index (χ2v) is 8.95. The monoisotopic (exact) mass is 360 g/mol. The first-order valence-corrected chi connectivity index (χ1v) is 9.64. The molecule has 1 N–H and O–H groups in total. The average molecular weight is 360 g/mol. The number of fused-ring (bicyclic) bond motifs is 2. The van der Waals surface area contributed by atoms with Gasteiger partial charge in [-0.2, -0.15) is 0 Å². The zero-order chi connectivity index (χ0) is 18.8. The molecule has 2 fully saturated rings. The van der Waals surface area contributed by atoms with Crippen LogP contribution in [0.5, 0.6) is 0 Å². The molecule has 2 atom stereocenters. The number of Topliss-reactive ketones (excluding diaryl/α,β-unsaturated/α-hetero) is 1. The van der Waals surface area contributed by atoms with Crippen LogP contribution in [0.3, 0.4) is 0 Å². The second kappa shape index (κ2) is 5.65. The third-order valence-corrected chi connectivity index (χ3v) is 5.79. The zero-order valence-electron chi connectivity index (χ0n) is 16.0. The summed E-state index contributed by atoms with van der Waals surface area (Å²) in [6, 6.07) is 8.51. The van der Waals surface area contributed by atoms with Crippen molar-refractivity contribution in [2.24, 2.45) is 17.3 Å². The Balaban J connectivity index is 1.52. The van der Waals surface area contributed by atoms with Gasteiger partial charge < -0.3 is 9.88 Å². The highest BCUT2D eigenvalue weighted by molar-refractivity contribution is 6.08. The molecule has 1 saturated carbocycles. The maximum absolute atomic E-state index is 12.8. The first kappa shape index (κ1) is 16.5. The average Bonchev–Trinajstić information content (AvgIpc) is 3.07. The molecule has 3 aromatic rings. The SMILES string of the molecule is CC(C)(C)C(=O)c1c[nH]c2ncc(-c3cccc(N4C[C@H]5C[C@H]5C4)c3)nc12. The van der Waals surface area contributed by atoms with Gasteiger partial charge in [0.25, 0.3) is 0 Å². The molecule has 0 amide bonds. The van der Waals surface area contributed by atoms with Gasteiger partial charge in [-0.15, -0.1) is 0 Å². The Bertz CT molecular complexity index is 1040. The fourth-order valence-electron chi connectivity index (χ4n) is 4.08. The third-order valence-electron chi connectivity index (χ3n) is 5.79. The van der Waals surface area contributed by atoms with Crippen LogP contribution in [0.1, 0.15) is 37.6 Å². The van der Waals surface area contributed by atoms with Gasteiger partial charge in [-0.1, -0.05) is 32.9 Å². The molecule has 5 nitrogen and oxygen atoms in total. The van der Waals surface area contributed by atoms with Crippen LogP contribution in [0.25, 0.3) is 22.4 Å². The van der Waals surface area contributed by atoms with Crippen molar-refractivity contribution in [3.05, 3.63) is 42.2 Å². The molecule has 1 aliphatic carbocycles. The quantitative estimate of drug-likeness (QED) is 0.707. The van der Waals surface area contributed by atoms with Gasteiger partial charge in [0, 0.05) is 36.0 Å². The Morgan fingerprint density at radius 2 is 2.00 bits per heavy atom. The normalized spacial score (nSPS) is 21.5. The van der Waals surface area contributed by atoms with Crippen LogP contribution >= 0.6 is 0 Å². The Hall–Kier alpha value is -2.69. The summed E-state index contributed by atoms with van der Waals surface area (Å²) in [4.78, 5) is 27.6. The molecule has 138 valence electrons. The largest absolute Gasteiger partial charge is 0.371 e. The number of hydrogen-bond donors (Lipinski definition) is 1. The van der Waals surface area contributed by atoms with Gasteiger partial charge in [0.2, 0.25) is 0 Å². The summed E-state index contributed by atoms with van der Waals surface area (Å²) in [5.74, 6) is 1.87. The zero-order valence-corrected chi connectivity index (χ0v) is 16.0. The summed E-state index contributed by atoms with van der Waals surface area (Å²) < 4.78 is 0. The topological polar surface area (TPSA) is 61.9 Å². The number of nitrogens with zero attached hydrogens (tertiary/aromatic N) is 3. The van der Waals surface area contributed by atoms with Crippen molar-refractivity contribution in [3.63, 3.8) is 0 Å². The third kappa shape index (κ3) is 2.82. The molecule has 3 heterocycles. The van der Waals surface area contributed by atoms with Crippen LogP contribution in [0.2, 0.25) is 0 Å². The number of rotatable bonds is 3. The standard InChI is InChI=1S/C22H24N4O/c1-22(2,3)20(27)17-9-23-21-19(17)25-18(10-24-21)13-5-4-6-16(8-13)26-11-14-7-15(14)12-26/h4-6,8-10,14-15H,7,11-12H2,1-3H3,(H,23,24)/t14-,15+. The molecule has 1 aromatic carbocycles. The van der Waals surface area contributed by atoms with Gasteiger partial charge in [0.1, 0.15) is 5.52 Å². The van der Waals surface area contributed by atoms with Crippen LogP contribution in [-0.2, 0) is 0 Å². The molecule has 0 bridgehead atoms. The number of piperidine rings is 1. The highest BCUT2D eigenvalue weighted by Gasteiger charge is 2.45. The van der Waals surface area contributed by atoms with Gasteiger partial charge in [0.15, 0.2) is 11.4 Å². The molecule has 2 aromatic heterocycles. The Morgan fingerprint density at radius 1 is 1.22 bits per heavy atom. The molecule has 2 aliphatic rings. The van der Waals surface area contributed by atoms with Crippen LogP contribution in [0.15, 0.2) is 36.7 Å². The predicted octanol–water partition coefficient (Wildman–Crippen LogP) is 4.31. The summed E-state index contributed by atoms with van der Waals surface area (Å²) in [7, 11) is 0. The summed E-state index contributed by atoms with van der Waals surface area (Å²) in [5.41, 5.74) is 4.56. The highest BCUT2D eigenvalue weighted by Crippen LogP contribution is 2.46. The molecule has 1 aliphatic heterocycles. The molecule has 5 heteroatoms.